The Balaban J connectivity index is 2.50. The van der Waals surface area contributed by atoms with Crippen molar-refractivity contribution < 1.29 is 9.53 Å². The molecule has 1 unspecified atom stereocenters. The first-order valence-corrected chi connectivity index (χ1v) is 8.41. The van der Waals surface area contributed by atoms with Crippen LogP contribution in [0.3, 0.4) is 0 Å². The Kier molecular flexibility index (Phi) is 5.50. The molecule has 1 atom stereocenters. The normalized spacial score (nSPS) is 20.9. The molecule has 0 N–H and O–H groups in total. The minimum absolute atomic E-state index is 0.104. The molecule has 1 rings (SSSR count). The van der Waals surface area contributed by atoms with Crippen LogP contribution in [-0.2, 0) is 4.74 Å². The largest absolute Gasteiger partial charge is 0.443 e. The fourth-order valence-corrected chi connectivity index (χ4v) is 2.59. The van der Waals surface area contributed by atoms with E-state index in [0.29, 0.717) is 6.04 Å². The minimum Gasteiger partial charge on any atom is -0.443 e. The van der Waals surface area contributed by atoms with Crippen molar-refractivity contribution in [1.29, 1.82) is 0 Å². The van der Waals surface area contributed by atoms with Crippen molar-refractivity contribution in [3.63, 3.8) is 0 Å². The third-order valence-corrected chi connectivity index (χ3v) is 4.42. The zero-order chi connectivity index (χ0) is 12.9. The molecule has 1 aliphatic rings. The molecule has 0 aliphatic carbocycles. The van der Waals surface area contributed by atoms with Gasteiger partial charge in [-0.25, -0.2) is 4.79 Å². The molecule has 1 aliphatic heterocycles. The molecule has 0 radical (unpaired) electrons. The number of rotatable bonds is 5. The Bertz CT molecular complexity index is 256. The second kappa shape index (κ2) is 6.43. The number of likely N-dealkylation sites (tertiary alicyclic amines) is 1. The van der Waals surface area contributed by atoms with Gasteiger partial charge in [0.05, 0.1) is 0 Å². The number of carbonyl (C=O) groups is 1. The van der Waals surface area contributed by atoms with Crippen molar-refractivity contribution >= 4 is 16.3 Å². The zero-order valence-electron chi connectivity index (χ0n) is 11.8. The molecule has 0 saturated carbocycles. The molecule has 0 aromatic carbocycles. The van der Waals surface area contributed by atoms with Crippen molar-refractivity contribution in [2.75, 3.05) is 6.54 Å². The molecule has 3 nitrogen and oxygen atoms in total. The highest BCUT2D eigenvalue weighted by molar-refractivity contribution is 6.08. The lowest BCUT2D eigenvalue weighted by Gasteiger charge is -2.30. The predicted octanol–water partition coefficient (Wildman–Crippen LogP) is 2.34. The fourth-order valence-electron chi connectivity index (χ4n) is 2.18. The van der Waals surface area contributed by atoms with Crippen LogP contribution < -0.4 is 0 Å². The maximum Gasteiger partial charge on any atom is 0.410 e. The summed E-state index contributed by atoms with van der Waals surface area (Å²) in [5.74, 6) is 0. The summed E-state index contributed by atoms with van der Waals surface area (Å²) < 4.78 is 5.58. The third-order valence-electron chi connectivity index (χ3n) is 3.72. The highest BCUT2D eigenvalue weighted by Crippen LogP contribution is 2.25. The van der Waals surface area contributed by atoms with Gasteiger partial charge in [-0.3, -0.25) is 0 Å². The van der Waals surface area contributed by atoms with Gasteiger partial charge in [-0.05, 0) is 39.5 Å². The number of hydrogen-bond acceptors (Lipinski definition) is 2. The second-order valence-corrected chi connectivity index (χ2v) is 6.61. The van der Waals surface area contributed by atoms with E-state index >= 15 is 0 Å². The zero-order valence-corrected chi connectivity index (χ0v) is 13.8. The number of hydrogen-bond donors (Lipinski definition) is 0. The second-order valence-electron chi connectivity index (χ2n) is 5.61. The van der Waals surface area contributed by atoms with E-state index in [-0.39, 0.29) is 11.7 Å². The van der Waals surface area contributed by atoms with Crippen molar-refractivity contribution in [3.8, 4) is 0 Å². The molecule has 1 fully saturated rings. The summed E-state index contributed by atoms with van der Waals surface area (Å²) in [6, 6.07) is 1.77. The molecular formula is C13H27NO2Si. The van der Waals surface area contributed by atoms with E-state index in [1.165, 1.54) is 22.7 Å². The van der Waals surface area contributed by atoms with E-state index in [2.05, 4.69) is 6.92 Å². The van der Waals surface area contributed by atoms with Crippen molar-refractivity contribution in [1.82, 2.24) is 4.90 Å². The first kappa shape index (κ1) is 14.5. The molecule has 1 heterocycles. The SMILES string of the molecule is CCC(C)(C)OC(=O)N1CCCC1CCC[SiH3]. The number of amides is 1. The summed E-state index contributed by atoms with van der Waals surface area (Å²) in [7, 11) is 1.27. The van der Waals surface area contributed by atoms with Gasteiger partial charge < -0.3 is 9.64 Å². The van der Waals surface area contributed by atoms with Gasteiger partial charge in [0, 0.05) is 22.8 Å². The standard InChI is InChI=1S/C13H27NO2Si/c1-4-13(2,3)16-12(15)14-9-5-7-11(14)8-6-10-17/h11H,4-10H2,1-3,17H3. The van der Waals surface area contributed by atoms with E-state index < -0.39 is 0 Å². The molecule has 1 amide bonds. The van der Waals surface area contributed by atoms with E-state index in [1.54, 1.807) is 0 Å². The van der Waals surface area contributed by atoms with Gasteiger partial charge in [-0.2, -0.15) is 0 Å². The highest BCUT2D eigenvalue weighted by atomic mass is 28.1. The van der Waals surface area contributed by atoms with Crippen LogP contribution in [-0.4, -0.2) is 39.4 Å². The van der Waals surface area contributed by atoms with Gasteiger partial charge >= 0.3 is 6.09 Å². The summed E-state index contributed by atoms with van der Waals surface area (Å²) in [5.41, 5.74) is -0.331. The van der Waals surface area contributed by atoms with Crippen LogP contribution in [0.1, 0.15) is 52.9 Å². The molecule has 17 heavy (non-hydrogen) atoms. The van der Waals surface area contributed by atoms with Gasteiger partial charge in [0.25, 0.3) is 0 Å². The quantitative estimate of drug-likeness (QED) is 0.708. The fraction of sp³-hybridized carbons (Fsp3) is 0.923. The average Bonchev–Trinajstić information content (AvgIpc) is 2.74. The van der Waals surface area contributed by atoms with Gasteiger partial charge in [-0.15, -0.1) is 0 Å². The monoisotopic (exact) mass is 257 g/mol. The molecule has 4 heteroatoms. The van der Waals surface area contributed by atoms with Crippen LogP contribution in [0.15, 0.2) is 0 Å². The van der Waals surface area contributed by atoms with Crippen LogP contribution in [0, 0.1) is 0 Å². The van der Waals surface area contributed by atoms with E-state index in [4.69, 9.17) is 4.74 Å². The van der Waals surface area contributed by atoms with Crippen LogP contribution in [0.25, 0.3) is 0 Å². The minimum atomic E-state index is -0.331. The first-order valence-electron chi connectivity index (χ1n) is 6.99. The van der Waals surface area contributed by atoms with Gasteiger partial charge in [0.15, 0.2) is 0 Å². The molecule has 0 bridgehead atoms. The summed E-state index contributed by atoms with van der Waals surface area (Å²) in [6.07, 6.45) is 5.46. The number of nitrogens with zero attached hydrogens (tertiary/aromatic N) is 1. The van der Waals surface area contributed by atoms with Crippen LogP contribution in [0.4, 0.5) is 4.79 Å². The average molecular weight is 257 g/mol. The smallest absolute Gasteiger partial charge is 0.410 e. The number of ether oxygens (including phenoxy) is 1. The first-order chi connectivity index (χ1) is 8.00. The summed E-state index contributed by atoms with van der Waals surface area (Å²) in [6.45, 7) is 6.89. The topological polar surface area (TPSA) is 29.5 Å². The van der Waals surface area contributed by atoms with Crippen LogP contribution in [0.2, 0.25) is 6.04 Å². The van der Waals surface area contributed by atoms with E-state index in [0.717, 1.165) is 32.2 Å². The summed E-state index contributed by atoms with van der Waals surface area (Å²) in [5, 5.41) is 0. The van der Waals surface area contributed by atoms with Crippen molar-refractivity contribution in [2.45, 2.75) is 70.6 Å². The van der Waals surface area contributed by atoms with Gasteiger partial charge in [-0.1, -0.05) is 19.4 Å². The maximum absolute atomic E-state index is 12.1. The van der Waals surface area contributed by atoms with Gasteiger partial charge in [0.2, 0.25) is 0 Å². The summed E-state index contributed by atoms with van der Waals surface area (Å²) >= 11 is 0. The van der Waals surface area contributed by atoms with E-state index in [9.17, 15) is 4.79 Å². The lowest BCUT2D eigenvalue weighted by molar-refractivity contribution is 0.00875. The Labute approximate surface area is 108 Å². The molecular weight excluding hydrogens is 230 g/mol. The summed E-state index contributed by atoms with van der Waals surface area (Å²) in [4.78, 5) is 14.1. The Morgan fingerprint density at radius 2 is 2.24 bits per heavy atom. The molecule has 100 valence electrons. The lowest BCUT2D eigenvalue weighted by Crippen LogP contribution is -2.40. The predicted molar refractivity (Wildman–Crippen MR) is 74.6 cm³/mol. The maximum atomic E-state index is 12.1. The van der Waals surface area contributed by atoms with Crippen molar-refractivity contribution in [3.05, 3.63) is 0 Å². The van der Waals surface area contributed by atoms with Crippen LogP contribution in [0.5, 0.6) is 0 Å². The Morgan fingerprint density at radius 3 is 2.82 bits per heavy atom. The third kappa shape index (κ3) is 4.34. The Hall–Kier alpha value is -0.513. The van der Waals surface area contributed by atoms with Crippen molar-refractivity contribution in [2.24, 2.45) is 0 Å². The van der Waals surface area contributed by atoms with Gasteiger partial charge in [0.1, 0.15) is 5.60 Å². The highest BCUT2D eigenvalue weighted by Gasteiger charge is 2.32. The Morgan fingerprint density at radius 1 is 1.53 bits per heavy atom. The van der Waals surface area contributed by atoms with E-state index in [1.807, 2.05) is 18.7 Å². The lowest BCUT2D eigenvalue weighted by atomic mass is 10.1. The van der Waals surface area contributed by atoms with Crippen LogP contribution >= 0.6 is 0 Å². The molecule has 1 saturated heterocycles. The molecule has 0 aromatic heterocycles. The molecule has 0 spiro atoms. The molecule has 0 aromatic rings. The number of carbonyl (C=O) groups excluding carboxylic acids is 1.